The van der Waals surface area contributed by atoms with Crippen LogP contribution in [0.1, 0.15) is 13.0 Å². The molecule has 0 aliphatic heterocycles. The lowest BCUT2D eigenvalue weighted by atomic mass is 10.3. The van der Waals surface area contributed by atoms with Gasteiger partial charge in [0.25, 0.3) is 0 Å². The van der Waals surface area contributed by atoms with E-state index in [1.807, 2.05) is 0 Å². The van der Waals surface area contributed by atoms with Crippen LogP contribution < -0.4 is 0 Å². The summed E-state index contributed by atoms with van der Waals surface area (Å²) in [5, 5.41) is 8.88. The van der Waals surface area contributed by atoms with E-state index in [1.54, 1.807) is 19.2 Å². The van der Waals surface area contributed by atoms with Gasteiger partial charge in [0.2, 0.25) is 0 Å². The molecule has 2 aromatic rings. The minimum atomic E-state index is -0.904. The molecule has 0 bridgehead atoms. The molecular formula is C9H8BrN3O2. The van der Waals surface area contributed by atoms with Crippen LogP contribution in [0.2, 0.25) is 0 Å². The van der Waals surface area contributed by atoms with Gasteiger partial charge in [-0.2, -0.15) is 0 Å². The molecule has 1 unspecified atom stereocenters. The molecule has 0 aromatic carbocycles. The third kappa shape index (κ3) is 1.72. The fraction of sp³-hybridized carbons (Fsp3) is 0.222. The van der Waals surface area contributed by atoms with Crippen LogP contribution >= 0.6 is 15.9 Å². The van der Waals surface area contributed by atoms with E-state index < -0.39 is 12.0 Å². The molecule has 0 aliphatic carbocycles. The molecule has 0 saturated carbocycles. The van der Waals surface area contributed by atoms with Crippen LogP contribution in [-0.2, 0) is 4.79 Å². The van der Waals surface area contributed by atoms with Crippen molar-refractivity contribution in [2.45, 2.75) is 13.0 Å². The van der Waals surface area contributed by atoms with E-state index in [9.17, 15) is 4.79 Å². The van der Waals surface area contributed by atoms with Crippen molar-refractivity contribution in [3.63, 3.8) is 0 Å². The summed E-state index contributed by atoms with van der Waals surface area (Å²) in [5.74, 6) is -0.904. The molecular weight excluding hydrogens is 262 g/mol. The zero-order valence-corrected chi connectivity index (χ0v) is 9.47. The highest BCUT2D eigenvalue weighted by Crippen LogP contribution is 2.18. The second-order valence-electron chi connectivity index (χ2n) is 3.16. The lowest BCUT2D eigenvalue weighted by Crippen LogP contribution is -2.14. The van der Waals surface area contributed by atoms with Crippen molar-refractivity contribution in [1.82, 2.24) is 14.5 Å². The lowest BCUT2D eigenvalue weighted by Gasteiger charge is -2.07. The van der Waals surface area contributed by atoms with Crippen LogP contribution in [0, 0.1) is 0 Å². The van der Waals surface area contributed by atoms with Gasteiger partial charge < -0.3 is 9.67 Å². The van der Waals surface area contributed by atoms with Gasteiger partial charge in [0.05, 0.1) is 6.33 Å². The number of halogens is 1. The molecule has 2 aromatic heterocycles. The molecule has 1 N–H and O–H groups in total. The normalized spacial score (nSPS) is 12.9. The second kappa shape index (κ2) is 3.62. The summed E-state index contributed by atoms with van der Waals surface area (Å²) in [6.07, 6.45) is 3.11. The van der Waals surface area contributed by atoms with Crippen molar-refractivity contribution in [3.05, 3.63) is 23.1 Å². The highest BCUT2D eigenvalue weighted by molar-refractivity contribution is 9.10. The average molecular weight is 270 g/mol. The van der Waals surface area contributed by atoms with E-state index in [0.717, 1.165) is 4.47 Å². The quantitative estimate of drug-likeness (QED) is 0.904. The molecule has 15 heavy (non-hydrogen) atoms. The molecule has 1 atom stereocenters. The fourth-order valence-corrected chi connectivity index (χ4v) is 1.62. The zero-order valence-electron chi connectivity index (χ0n) is 7.88. The summed E-state index contributed by atoms with van der Waals surface area (Å²) in [6.45, 7) is 1.59. The van der Waals surface area contributed by atoms with Crippen molar-refractivity contribution in [1.29, 1.82) is 0 Å². The number of carboxylic acid groups (broad SMARTS) is 1. The van der Waals surface area contributed by atoms with Crippen LogP contribution in [0.5, 0.6) is 0 Å². The Morgan fingerprint density at radius 1 is 1.60 bits per heavy atom. The van der Waals surface area contributed by atoms with Gasteiger partial charge >= 0.3 is 5.97 Å². The Bertz CT molecular complexity index is 523. The molecule has 5 nitrogen and oxygen atoms in total. The van der Waals surface area contributed by atoms with Gasteiger partial charge in [0.15, 0.2) is 5.65 Å². The molecule has 0 aliphatic rings. The Morgan fingerprint density at radius 2 is 2.33 bits per heavy atom. The van der Waals surface area contributed by atoms with Gasteiger partial charge in [-0.05, 0) is 28.9 Å². The number of carboxylic acids is 1. The van der Waals surface area contributed by atoms with Gasteiger partial charge in [0.1, 0.15) is 11.6 Å². The number of nitrogens with zero attached hydrogens (tertiary/aromatic N) is 3. The van der Waals surface area contributed by atoms with E-state index in [0.29, 0.717) is 11.2 Å². The first-order valence-electron chi connectivity index (χ1n) is 4.30. The van der Waals surface area contributed by atoms with E-state index in [4.69, 9.17) is 5.11 Å². The SMILES string of the molecule is CC(C(=O)O)n1cnc2cc(Br)cnc21. The maximum absolute atomic E-state index is 10.8. The highest BCUT2D eigenvalue weighted by atomic mass is 79.9. The third-order valence-electron chi connectivity index (χ3n) is 2.15. The smallest absolute Gasteiger partial charge is 0.326 e. The minimum Gasteiger partial charge on any atom is -0.480 e. The molecule has 2 heterocycles. The Balaban J connectivity index is 2.59. The molecule has 0 fully saturated rings. The number of aliphatic carboxylic acids is 1. The van der Waals surface area contributed by atoms with Gasteiger partial charge in [-0.1, -0.05) is 0 Å². The molecule has 0 spiro atoms. The summed E-state index contributed by atoms with van der Waals surface area (Å²) >= 11 is 3.28. The number of aromatic nitrogens is 3. The molecule has 0 amide bonds. The van der Waals surface area contributed by atoms with Crippen molar-refractivity contribution in [3.8, 4) is 0 Å². The number of fused-ring (bicyclic) bond motifs is 1. The Morgan fingerprint density at radius 3 is 3.00 bits per heavy atom. The Hall–Kier alpha value is -1.43. The van der Waals surface area contributed by atoms with Crippen LogP contribution in [0.15, 0.2) is 23.1 Å². The van der Waals surface area contributed by atoms with E-state index in [2.05, 4.69) is 25.9 Å². The van der Waals surface area contributed by atoms with Crippen LogP contribution in [0.3, 0.4) is 0 Å². The summed E-state index contributed by atoms with van der Waals surface area (Å²) in [7, 11) is 0. The second-order valence-corrected chi connectivity index (χ2v) is 4.08. The van der Waals surface area contributed by atoms with Crippen molar-refractivity contribution in [2.75, 3.05) is 0 Å². The Kier molecular flexibility index (Phi) is 2.44. The largest absolute Gasteiger partial charge is 0.480 e. The van der Waals surface area contributed by atoms with Gasteiger partial charge in [0, 0.05) is 10.7 Å². The molecule has 2 rings (SSSR count). The first kappa shape index (κ1) is 10.1. The van der Waals surface area contributed by atoms with Gasteiger partial charge in [-0.3, -0.25) is 0 Å². The predicted octanol–water partition coefficient (Wildman–Crippen LogP) is 1.84. The van der Waals surface area contributed by atoms with Crippen LogP contribution in [0.4, 0.5) is 0 Å². The monoisotopic (exact) mass is 269 g/mol. The number of hydrogen-bond donors (Lipinski definition) is 1. The number of pyridine rings is 1. The van der Waals surface area contributed by atoms with Crippen LogP contribution in [-0.4, -0.2) is 25.6 Å². The number of hydrogen-bond acceptors (Lipinski definition) is 3. The first-order chi connectivity index (χ1) is 7.09. The topological polar surface area (TPSA) is 68.0 Å². The van der Waals surface area contributed by atoms with Crippen molar-refractivity contribution in [2.24, 2.45) is 0 Å². The van der Waals surface area contributed by atoms with Crippen LogP contribution in [0.25, 0.3) is 11.2 Å². The predicted molar refractivity (Wildman–Crippen MR) is 57.6 cm³/mol. The molecule has 0 radical (unpaired) electrons. The lowest BCUT2D eigenvalue weighted by molar-refractivity contribution is -0.140. The summed E-state index contributed by atoms with van der Waals surface area (Å²) in [6, 6.07) is 1.14. The van der Waals surface area contributed by atoms with Gasteiger partial charge in [-0.15, -0.1) is 0 Å². The van der Waals surface area contributed by atoms with Gasteiger partial charge in [-0.25, -0.2) is 14.8 Å². The van der Waals surface area contributed by atoms with E-state index in [1.165, 1.54) is 10.9 Å². The van der Waals surface area contributed by atoms with Crippen molar-refractivity contribution >= 4 is 33.1 Å². The standard InChI is InChI=1S/C9H8BrN3O2/c1-5(9(14)15)13-4-12-7-2-6(10)3-11-8(7)13/h2-5H,1H3,(H,14,15). The summed E-state index contributed by atoms with van der Waals surface area (Å²) in [5.41, 5.74) is 1.26. The fourth-order valence-electron chi connectivity index (χ4n) is 1.30. The summed E-state index contributed by atoms with van der Waals surface area (Å²) in [4.78, 5) is 19.0. The third-order valence-corrected chi connectivity index (χ3v) is 2.59. The molecule has 0 saturated heterocycles. The Labute approximate surface area is 93.9 Å². The maximum atomic E-state index is 10.8. The number of imidazole rings is 1. The minimum absolute atomic E-state index is 0.577. The first-order valence-corrected chi connectivity index (χ1v) is 5.10. The maximum Gasteiger partial charge on any atom is 0.326 e. The molecule has 78 valence electrons. The van der Waals surface area contributed by atoms with E-state index in [-0.39, 0.29) is 0 Å². The van der Waals surface area contributed by atoms with Crippen molar-refractivity contribution < 1.29 is 9.90 Å². The summed E-state index contributed by atoms with van der Waals surface area (Å²) < 4.78 is 2.35. The average Bonchev–Trinajstić information content (AvgIpc) is 2.59. The number of rotatable bonds is 2. The van der Waals surface area contributed by atoms with E-state index >= 15 is 0 Å². The molecule has 6 heteroatoms. The zero-order chi connectivity index (χ0) is 11.0. The number of carbonyl (C=O) groups is 1. The highest BCUT2D eigenvalue weighted by Gasteiger charge is 2.16.